The molecule has 1 aromatic carbocycles. The molecule has 8 heteroatoms. The third kappa shape index (κ3) is 2.97. The molecule has 0 radical (unpaired) electrons. The smallest absolute Gasteiger partial charge is 0.207 e. The molecule has 2 aliphatic rings. The minimum atomic E-state index is -0.0418. The lowest BCUT2D eigenvalue weighted by Crippen LogP contribution is -2.33. The van der Waals surface area contributed by atoms with E-state index in [1.807, 2.05) is 32.2 Å². The van der Waals surface area contributed by atoms with E-state index in [4.69, 9.17) is 14.2 Å². The van der Waals surface area contributed by atoms with Gasteiger partial charge in [-0.3, -0.25) is 9.55 Å². The first-order chi connectivity index (χ1) is 15.7. The summed E-state index contributed by atoms with van der Waals surface area (Å²) >= 11 is 0. The van der Waals surface area contributed by atoms with Gasteiger partial charge in [0, 0.05) is 31.4 Å². The normalized spacial score (nSPS) is 18.6. The number of pyridine rings is 1. The molecule has 1 saturated heterocycles. The fourth-order valence-electron chi connectivity index (χ4n) is 4.95. The Morgan fingerprint density at radius 2 is 2.03 bits per heavy atom. The minimum Gasteiger partial charge on any atom is -0.488 e. The second-order valence-corrected chi connectivity index (χ2v) is 8.46. The lowest BCUT2D eigenvalue weighted by molar-refractivity contribution is 0.257. The summed E-state index contributed by atoms with van der Waals surface area (Å²) in [5.41, 5.74) is 5.78. The number of hydrogen-bond donors (Lipinski definition) is 1. The van der Waals surface area contributed by atoms with Crippen molar-refractivity contribution in [3.8, 4) is 16.9 Å². The highest BCUT2D eigenvalue weighted by Crippen LogP contribution is 2.45. The number of aromatic nitrogens is 4. The molecule has 32 heavy (non-hydrogen) atoms. The summed E-state index contributed by atoms with van der Waals surface area (Å²) in [6.45, 7) is 8.28. The molecule has 1 N–H and O–H groups in total. The van der Waals surface area contributed by atoms with Crippen LogP contribution in [-0.2, 0) is 0 Å². The number of benzene rings is 1. The molecule has 0 amide bonds. The largest absolute Gasteiger partial charge is 0.488 e. The van der Waals surface area contributed by atoms with E-state index >= 15 is 0 Å². The summed E-state index contributed by atoms with van der Waals surface area (Å²) in [5.74, 6) is 2.62. The van der Waals surface area contributed by atoms with Crippen molar-refractivity contribution in [2.45, 2.75) is 26.3 Å². The second-order valence-electron chi connectivity index (χ2n) is 8.46. The average Bonchev–Trinajstić information content (AvgIpc) is 3.23. The maximum absolute atomic E-state index is 6.45. The van der Waals surface area contributed by atoms with Crippen molar-refractivity contribution in [2.75, 3.05) is 37.7 Å². The number of nitrogens with zero attached hydrogens (tertiary/aromatic N) is 5. The molecule has 8 nitrogen and oxygen atoms in total. The predicted octanol–water partition coefficient (Wildman–Crippen LogP) is 3.48. The quantitative estimate of drug-likeness (QED) is 0.533. The van der Waals surface area contributed by atoms with E-state index in [-0.39, 0.29) is 6.04 Å². The van der Waals surface area contributed by atoms with Crippen LogP contribution in [0.1, 0.15) is 29.6 Å². The van der Waals surface area contributed by atoms with Crippen LogP contribution in [0.2, 0.25) is 0 Å². The van der Waals surface area contributed by atoms with Crippen molar-refractivity contribution in [3.05, 3.63) is 53.7 Å². The van der Waals surface area contributed by atoms with Gasteiger partial charge >= 0.3 is 0 Å². The number of imidazole rings is 1. The Bertz CT molecular complexity index is 1250. The number of aryl methyl sites for hydroxylation is 2. The Balaban J connectivity index is 1.61. The van der Waals surface area contributed by atoms with Crippen LogP contribution in [0.3, 0.4) is 0 Å². The van der Waals surface area contributed by atoms with Crippen LogP contribution in [0.4, 0.5) is 5.95 Å². The third-order valence-electron chi connectivity index (χ3n) is 6.44. The molecule has 0 saturated carbocycles. The van der Waals surface area contributed by atoms with Crippen LogP contribution < -0.4 is 15.0 Å². The fraction of sp³-hybridized carbons (Fsp3) is 0.375. The molecule has 5 heterocycles. The first-order valence-corrected chi connectivity index (χ1v) is 11.2. The van der Waals surface area contributed by atoms with Gasteiger partial charge in [-0.05, 0) is 51.1 Å². The van der Waals surface area contributed by atoms with Gasteiger partial charge in [0.25, 0.3) is 0 Å². The molecule has 3 aromatic heterocycles. The Morgan fingerprint density at radius 1 is 1.09 bits per heavy atom. The van der Waals surface area contributed by atoms with Gasteiger partial charge in [-0.2, -0.15) is 0 Å². The SMILES string of the molecule is Cc1noc(C)c1-c1ccc2nc(N3CCCNCC3)n3c2c1OCC3c1ccccn1. The van der Waals surface area contributed by atoms with Crippen molar-refractivity contribution in [1.82, 2.24) is 25.0 Å². The summed E-state index contributed by atoms with van der Waals surface area (Å²) < 4.78 is 14.2. The Morgan fingerprint density at radius 3 is 2.84 bits per heavy atom. The van der Waals surface area contributed by atoms with Crippen molar-refractivity contribution in [1.29, 1.82) is 0 Å². The highest BCUT2D eigenvalue weighted by molar-refractivity contribution is 5.94. The van der Waals surface area contributed by atoms with Gasteiger partial charge in [0.1, 0.15) is 23.9 Å². The summed E-state index contributed by atoms with van der Waals surface area (Å²) in [7, 11) is 0. The molecule has 2 aliphatic heterocycles. The molecular weight excluding hydrogens is 404 g/mol. The highest BCUT2D eigenvalue weighted by atomic mass is 16.5. The summed E-state index contributed by atoms with van der Waals surface area (Å²) in [4.78, 5) is 12.2. The lowest BCUT2D eigenvalue weighted by Gasteiger charge is -2.31. The van der Waals surface area contributed by atoms with E-state index in [0.29, 0.717) is 6.61 Å². The Kier molecular flexibility index (Phi) is 4.61. The van der Waals surface area contributed by atoms with Gasteiger partial charge in [0.05, 0.1) is 22.5 Å². The van der Waals surface area contributed by atoms with E-state index < -0.39 is 0 Å². The van der Waals surface area contributed by atoms with Crippen LogP contribution >= 0.6 is 0 Å². The minimum absolute atomic E-state index is 0.0418. The number of ether oxygens (including phenoxy) is 1. The molecule has 1 atom stereocenters. The standard InChI is InChI=1S/C24H26N6O2/c1-15-21(16(2)32-28-15)17-7-8-19-22-23(17)31-14-20(18-6-3-4-10-26-18)30(22)24(27-19)29-12-5-9-25-11-13-29/h3-4,6-8,10,20,25H,5,9,11-14H2,1-2H3. The first kappa shape index (κ1) is 19.3. The lowest BCUT2D eigenvalue weighted by atomic mass is 10.0. The second kappa shape index (κ2) is 7.63. The van der Waals surface area contributed by atoms with Crippen LogP contribution in [0, 0.1) is 13.8 Å². The van der Waals surface area contributed by atoms with Gasteiger partial charge in [-0.25, -0.2) is 4.98 Å². The van der Waals surface area contributed by atoms with Crippen molar-refractivity contribution >= 4 is 17.0 Å². The number of anilines is 1. The molecule has 164 valence electrons. The van der Waals surface area contributed by atoms with E-state index in [0.717, 1.165) is 83.6 Å². The van der Waals surface area contributed by atoms with Crippen LogP contribution in [0.15, 0.2) is 41.1 Å². The van der Waals surface area contributed by atoms with E-state index in [2.05, 4.69) is 43.1 Å². The zero-order valence-electron chi connectivity index (χ0n) is 18.3. The topological polar surface area (TPSA) is 81.2 Å². The van der Waals surface area contributed by atoms with Crippen LogP contribution in [0.5, 0.6) is 5.75 Å². The molecule has 1 fully saturated rings. The van der Waals surface area contributed by atoms with Gasteiger partial charge < -0.3 is 19.5 Å². The van der Waals surface area contributed by atoms with Gasteiger partial charge in [-0.1, -0.05) is 11.2 Å². The van der Waals surface area contributed by atoms with Gasteiger partial charge in [-0.15, -0.1) is 0 Å². The van der Waals surface area contributed by atoms with Crippen molar-refractivity contribution in [3.63, 3.8) is 0 Å². The average molecular weight is 431 g/mol. The monoisotopic (exact) mass is 430 g/mol. The molecule has 0 aliphatic carbocycles. The molecule has 0 spiro atoms. The van der Waals surface area contributed by atoms with Crippen LogP contribution in [-0.4, -0.2) is 52.5 Å². The molecule has 4 aromatic rings. The fourth-order valence-corrected chi connectivity index (χ4v) is 4.95. The van der Waals surface area contributed by atoms with E-state index in [9.17, 15) is 0 Å². The van der Waals surface area contributed by atoms with Gasteiger partial charge in [0.15, 0.2) is 5.75 Å². The molecular formula is C24H26N6O2. The van der Waals surface area contributed by atoms with Crippen LogP contribution in [0.25, 0.3) is 22.2 Å². The summed E-state index contributed by atoms with van der Waals surface area (Å²) in [6.07, 6.45) is 2.93. The van der Waals surface area contributed by atoms with E-state index in [1.165, 1.54) is 0 Å². The van der Waals surface area contributed by atoms with E-state index in [1.54, 1.807) is 0 Å². The van der Waals surface area contributed by atoms with Crippen molar-refractivity contribution in [2.24, 2.45) is 0 Å². The Hall–Kier alpha value is -3.39. The first-order valence-electron chi connectivity index (χ1n) is 11.2. The molecule has 0 bridgehead atoms. The maximum atomic E-state index is 6.45. The predicted molar refractivity (Wildman–Crippen MR) is 122 cm³/mol. The third-order valence-corrected chi connectivity index (χ3v) is 6.44. The zero-order chi connectivity index (χ0) is 21.7. The highest BCUT2D eigenvalue weighted by Gasteiger charge is 2.33. The van der Waals surface area contributed by atoms with Crippen molar-refractivity contribution < 1.29 is 9.26 Å². The maximum Gasteiger partial charge on any atom is 0.207 e. The summed E-state index contributed by atoms with van der Waals surface area (Å²) in [6, 6.07) is 10.2. The summed E-state index contributed by atoms with van der Waals surface area (Å²) in [5, 5.41) is 7.66. The van der Waals surface area contributed by atoms with Gasteiger partial charge in [0.2, 0.25) is 5.95 Å². The Labute approximate surface area is 186 Å². The number of hydrogen-bond acceptors (Lipinski definition) is 7. The number of nitrogens with one attached hydrogen (secondary N) is 1. The molecule has 1 unspecified atom stereocenters. The zero-order valence-corrected chi connectivity index (χ0v) is 18.3. The number of rotatable bonds is 3. The molecule has 6 rings (SSSR count).